The van der Waals surface area contributed by atoms with Crippen LogP contribution in [-0.2, 0) is 4.79 Å². The molecule has 0 fully saturated rings. The standard InChI is InChI=1S/C20H28N2O4/c1-12-7-9-20(4,5)11-15(13(12)2)22-19(24)17-18(26-14(3)23)16(25-6)8-10-21-17/h7-10,12-13,15H,11H2,1-6H3,(H,22,24)/t12-,13+,15?/m1/s1. The fourth-order valence-corrected chi connectivity index (χ4v) is 3.19. The molecule has 0 saturated carbocycles. The van der Waals surface area contributed by atoms with Crippen molar-refractivity contribution in [3.8, 4) is 11.5 Å². The van der Waals surface area contributed by atoms with Gasteiger partial charge in [0.25, 0.3) is 5.91 Å². The molecule has 1 amide bonds. The van der Waals surface area contributed by atoms with E-state index in [-0.39, 0.29) is 34.7 Å². The van der Waals surface area contributed by atoms with Gasteiger partial charge in [-0.15, -0.1) is 0 Å². The molecule has 142 valence electrons. The van der Waals surface area contributed by atoms with Crippen molar-refractivity contribution >= 4 is 11.9 Å². The van der Waals surface area contributed by atoms with Gasteiger partial charge in [0.15, 0.2) is 11.4 Å². The highest BCUT2D eigenvalue weighted by molar-refractivity contribution is 5.96. The van der Waals surface area contributed by atoms with E-state index < -0.39 is 5.97 Å². The molecule has 1 N–H and O–H groups in total. The molecule has 6 nitrogen and oxygen atoms in total. The zero-order valence-electron chi connectivity index (χ0n) is 16.3. The lowest BCUT2D eigenvalue weighted by Crippen LogP contribution is -2.43. The van der Waals surface area contributed by atoms with E-state index in [4.69, 9.17) is 9.47 Å². The predicted molar refractivity (Wildman–Crippen MR) is 99.2 cm³/mol. The Morgan fingerprint density at radius 1 is 1.31 bits per heavy atom. The van der Waals surface area contributed by atoms with Crippen molar-refractivity contribution in [1.29, 1.82) is 0 Å². The lowest BCUT2D eigenvalue weighted by Gasteiger charge is -2.30. The molecule has 2 rings (SSSR count). The van der Waals surface area contributed by atoms with E-state index in [2.05, 4.69) is 50.1 Å². The van der Waals surface area contributed by atoms with Crippen LogP contribution in [0.5, 0.6) is 11.5 Å². The monoisotopic (exact) mass is 360 g/mol. The number of nitrogens with one attached hydrogen (secondary N) is 1. The molecule has 26 heavy (non-hydrogen) atoms. The van der Waals surface area contributed by atoms with Gasteiger partial charge in [-0.2, -0.15) is 0 Å². The molecule has 1 unspecified atom stereocenters. The molecule has 1 aliphatic carbocycles. The maximum absolute atomic E-state index is 12.9. The maximum Gasteiger partial charge on any atom is 0.308 e. The number of aromatic nitrogens is 1. The Labute approximate surface area is 155 Å². The summed E-state index contributed by atoms with van der Waals surface area (Å²) in [7, 11) is 1.45. The number of rotatable bonds is 4. The zero-order chi connectivity index (χ0) is 19.5. The first-order chi connectivity index (χ1) is 12.1. The fourth-order valence-electron chi connectivity index (χ4n) is 3.19. The first kappa shape index (κ1) is 19.9. The molecule has 1 aromatic heterocycles. The molecule has 1 aromatic rings. The number of methoxy groups -OCH3 is 1. The Bertz CT molecular complexity index is 712. The van der Waals surface area contributed by atoms with Gasteiger partial charge in [0.2, 0.25) is 5.75 Å². The predicted octanol–water partition coefficient (Wildman–Crippen LogP) is 3.37. The number of amides is 1. The van der Waals surface area contributed by atoms with Gasteiger partial charge in [-0.05, 0) is 23.7 Å². The minimum atomic E-state index is -0.535. The maximum atomic E-state index is 12.9. The number of hydrogen-bond acceptors (Lipinski definition) is 5. The summed E-state index contributed by atoms with van der Waals surface area (Å²) in [6, 6.07) is 1.53. The molecule has 0 aromatic carbocycles. The minimum Gasteiger partial charge on any atom is -0.493 e. The Balaban J connectivity index is 2.30. The van der Waals surface area contributed by atoms with Crippen LogP contribution in [0.2, 0.25) is 0 Å². The van der Waals surface area contributed by atoms with Crippen LogP contribution in [0.25, 0.3) is 0 Å². The van der Waals surface area contributed by atoms with E-state index in [1.165, 1.54) is 20.2 Å². The zero-order valence-corrected chi connectivity index (χ0v) is 16.3. The number of carbonyl (C=O) groups is 2. The SMILES string of the molecule is COc1ccnc(C(=O)NC2CC(C)(C)C=C[C@@H](C)[C@@H]2C)c1OC(C)=O. The van der Waals surface area contributed by atoms with Crippen LogP contribution < -0.4 is 14.8 Å². The van der Waals surface area contributed by atoms with E-state index in [9.17, 15) is 9.59 Å². The third-order valence-corrected chi connectivity index (χ3v) is 4.93. The van der Waals surface area contributed by atoms with Crippen molar-refractivity contribution < 1.29 is 19.1 Å². The Morgan fingerprint density at radius 2 is 2.00 bits per heavy atom. The van der Waals surface area contributed by atoms with Gasteiger partial charge in [-0.25, -0.2) is 4.98 Å². The molecule has 0 bridgehead atoms. The second kappa shape index (κ2) is 7.89. The van der Waals surface area contributed by atoms with Crippen molar-refractivity contribution in [3.05, 3.63) is 30.1 Å². The summed E-state index contributed by atoms with van der Waals surface area (Å²) in [4.78, 5) is 28.5. The Morgan fingerprint density at radius 3 is 2.62 bits per heavy atom. The lowest BCUT2D eigenvalue weighted by atomic mass is 9.82. The highest BCUT2D eigenvalue weighted by Crippen LogP contribution is 2.35. The Kier molecular flexibility index (Phi) is 6.05. The summed E-state index contributed by atoms with van der Waals surface area (Å²) in [6.07, 6.45) is 6.71. The van der Waals surface area contributed by atoms with Crippen LogP contribution in [0.1, 0.15) is 51.5 Å². The van der Waals surface area contributed by atoms with Gasteiger partial charge in [-0.1, -0.05) is 39.8 Å². The van der Waals surface area contributed by atoms with Gasteiger partial charge < -0.3 is 14.8 Å². The fraction of sp³-hybridized carbons (Fsp3) is 0.550. The van der Waals surface area contributed by atoms with Gasteiger partial charge in [0.05, 0.1) is 7.11 Å². The van der Waals surface area contributed by atoms with E-state index in [0.717, 1.165) is 6.42 Å². The largest absolute Gasteiger partial charge is 0.493 e. The number of hydrogen-bond donors (Lipinski definition) is 1. The van der Waals surface area contributed by atoms with E-state index in [1.54, 1.807) is 6.07 Å². The quantitative estimate of drug-likeness (QED) is 0.658. The number of pyridine rings is 1. The molecule has 0 aliphatic heterocycles. The van der Waals surface area contributed by atoms with Crippen molar-refractivity contribution in [3.63, 3.8) is 0 Å². The van der Waals surface area contributed by atoms with Gasteiger partial charge >= 0.3 is 5.97 Å². The van der Waals surface area contributed by atoms with Crippen LogP contribution >= 0.6 is 0 Å². The first-order valence-electron chi connectivity index (χ1n) is 8.86. The van der Waals surface area contributed by atoms with Crippen LogP contribution in [0.3, 0.4) is 0 Å². The van der Waals surface area contributed by atoms with E-state index in [1.807, 2.05) is 0 Å². The van der Waals surface area contributed by atoms with Crippen LogP contribution in [0.15, 0.2) is 24.4 Å². The second-order valence-electron chi connectivity index (χ2n) is 7.63. The molecule has 6 heteroatoms. The van der Waals surface area contributed by atoms with Crippen LogP contribution in [0, 0.1) is 17.3 Å². The second-order valence-corrected chi connectivity index (χ2v) is 7.63. The van der Waals surface area contributed by atoms with Crippen LogP contribution in [0.4, 0.5) is 0 Å². The molecule has 1 heterocycles. The highest BCUT2D eigenvalue weighted by atomic mass is 16.6. The van der Waals surface area contributed by atoms with E-state index >= 15 is 0 Å². The normalized spacial score (nSPS) is 24.5. The van der Waals surface area contributed by atoms with Gasteiger partial charge in [-0.3, -0.25) is 9.59 Å². The third kappa shape index (κ3) is 4.62. The summed E-state index contributed by atoms with van der Waals surface area (Å²) in [5, 5.41) is 3.09. The van der Waals surface area contributed by atoms with E-state index in [0.29, 0.717) is 11.7 Å². The molecular weight excluding hydrogens is 332 g/mol. The lowest BCUT2D eigenvalue weighted by molar-refractivity contribution is -0.132. The summed E-state index contributed by atoms with van der Waals surface area (Å²) < 4.78 is 10.4. The van der Waals surface area contributed by atoms with Crippen molar-refractivity contribution in [1.82, 2.24) is 10.3 Å². The molecule has 0 spiro atoms. The van der Waals surface area contributed by atoms with Gasteiger partial charge in [0.1, 0.15) is 0 Å². The first-order valence-corrected chi connectivity index (χ1v) is 8.86. The summed E-state index contributed by atoms with van der Waals surface area (Å²) in [5.74, 6) is 0.0402. The molecule has 0 radical (unpaired) electrons. The molecular formula is C20H28N2O4. The number of carbonyl (C=O) groups excluding carboxylic acids is 2. The molecule has 3 atom stereocenters. The average Bonchev–Trinajstić information content (AvgIpc) is 2.66. The molecule has 0 saturated heterocycles. The van der Waals surface area contributed by atoms with Crippen LogP contribution in [-0.4, -0.2) is 30.0 Å². The minimum absolute atomic E-state index is 0.0164. The average molecular weight is 360 g/mol. The third-order valence-electron chi connectivity index (χ3n) is 4.93. The summed E-state index contributed by atoms with van der Waals surface area (Å²) in [6.45, 7) is 9.86. The topological polar surface area (TPSA) is 77.5 Å². The number of nitrogens with zero attached hydrogens (tertiary/aromatic N) is 1. The number of allylic oxidation sites excluding steroid dienone is 2. The van der Waals surface area contributed by atoms with Gasteiger partial charge in [0, 0.05) is 25.2 Å². The van der Waals surface area contributed by atoms with Crippen molar-refractivity contribution in [2.75, 3.05) is 7.11 Å². The molecule has 1 aliphatic rings. The summed E-state index contributed by atoms with van der Waals surface area (Å²) in [5.41, 5.74) is 0.0340. The number of ether oxygens (including phenoxy) is 2. The Hall–Kier alpha value is -2.37. The highest BCUT2D eigenvalue weighted by Gasteiger charge is 2.33. The van der Waals surface area contributed by atoms with Crippen molar-refractivity contribution in [2.24, 2.45) is 17.3 Å². The smallest absolute Gasteiger partial charge is 0.308 e. The van der Waals surface area contributed by atoms with Crippen molar-refractivity contribution in [2.45, 2.75) is 47.1 Å². The number of esters is 1. The summed E-state index contributed by atoms with van der Waals surface area (Å²) >= 11 is 0.